The molecule has 0 aliphatic carbocycles. The van der Waals surface area contributed by atoms with Crippen molar-refractivity contribution in [1.82, 2.24) is 16.0 Å². The Bertz CT molecular complexity index is 600. The second-order valence-corrected chi connectivity index (χ2v) is 7.43. The minimum absolute atomic E-state index is 0.229. The number of alkyl carbamates (subject to hydrolysis) is 1. The molecule has 1 aromatic carbocycles. The number of benzene rings is 1. The molecule has 0 aliphatic rings. The number of carbonyl (C=O) groups excluding carboxylic acids is 1. The fraction of sp³-hybridized carbons (Fsp3) is 0.579. The van der Waals surface area contributed by atoms with Crippen molar-refractivity contribution in [3.8, 4) is 0 Å². The Morgan fingerprint density at radius 2 is 1.81 bits per heavy atom. The lowest BCUT2D eigenvalue weighted by Gasteiger charge is -2.19. The molecule has 0 saturated heterocycles. The van der Waals surface area contributed by atoms with E-state index in [1.165, 1.54) is 0 Å². The molecule has 7 nitrogen and oxygen atoms in total. The van der Waals surface area contributed by atoms with Crippen LogP contribution in [0.15, 0.2) is 29.3 Å². The van der Waals surface area contributed by atoms with Crippen molar-refractivity contribution < 1.29 is 14.6 Å². The molecule has 0 aromatic heterocycles. The van der Waals surface area contributed by atoms with Crippen LogP contribution in [-0.4, -0.2) is 48.9 Å². The van der Waals surface area contributed by atoms with Crippen LogP contribution < -0.4 is 16.0 Å². The van der Waals surface area contributed by atoms with Gasteiger partial charge in [-0.05, 0) is 51.8 Å². The number of carbonyl (C=O) groups is 1. The van der Waals surface area contributed by atoms with Crippen LogP contribution in [0.2, 0.25) is 5.02 Å². The summed E-state index contributed by atoms with van der Waals surface area (Å²) in [5.74, 6) is 0.614. The van der Waals surface area contributed by atoms with Gasteiger partial charge in [-0.3, -0.25) is 4.99 Å². The zero-order chi connectivity index (χ0) is 20.3. The Morgan fingerprint density at radius 3 is 2.41 bits per heavy atom. The number of hydrogen-bond donors (Lipinski definition) is 4. The van der Waals surface area contributed by atoms with Gasteiger partial charge in [-0.25, -0.2) is 4.79 Å². The predicted molar refractivity (Wildman–Crippen MR) is 109 cm³/mol. The average molecular weight is 399 g/mol. The summed E-state index contributed by atoms with van der Waals surface area (Å²) < 4.78 is 5.18. The highest BCUT2D eigenvalue weighted by Gasteiger charge is 2.15. The molecule has 1 aromatic rings. The minimum Gasteiger partial charge on any atom is -0.444 e. The number of aliphatic imine (C=N–C) groups is 1. The highest BCUT2D eigenvalue weighted by Crippen LogP contribution is 2.16. The lowest BCUT2D eigenvalue weighted by molar-refractivity contribution is 0.0527. The van der Waals surface area contributed by atoms with Gasteiger partial charge in [0, 0.05) is 24.7 Å². The van der Waals surface area contributed by atoms with E-state index in [1.54, 1.807) is 24.3 Å². The number of guanidine groups is 1. The smallest absolute Gasteiger partial charge is 0.407 e. The summed E-state index contributed by atoms with van der Waals surface area (Å²) in [5, 5.41) is 19.9. The number of aliphatic hydroxyl groups is 1. The second-order valence-electron chi connectivity index (χ2n) is 7.00. The van der Waals surface area contributed by atoms with Gasteiger partial charge in [0.05, 0.1) is 12.6 Å². The van der Waals surface area contributed by atoms with Crippen LogP contribution in [0, 0.1) is 0 Å². The zero-order valence-corrected chi connectivity index (χ0v) is 17.3. The number of rotatable bonds is 8. The monoisotopic (exact) mass is 398 g/mol. The van der Waals surface area contributed by atoms with Gasteiger partial charge < -0.3 is 25.8 Å². The van der Waals surface area contributed by atoms with Gasteiger partial charge in [-0.2, -0.15) is 0 Å². The van der Waals surface area contributed by atoms with Crippen molar-refractivity contribution in [1.29, 1.82) is 0 Å². The first-order valence-electron chi connectivity index (χ1n) is 9.14. The van der Waals surface area contributed by atoms with Crippen LogP contribution in [0.5, 0.6) is 0 Å². The van der Waals surface area contributed by atoms with Crippen molar-refractivity contribution in [2.24, 2.45) is 4.99 Å². The van der Waals surface area contributed by atoms with Crippen LogP contribution in [0.4, 0.5) is 4.79 Å². The van der Waals surface area contributed by atoms with Gasteiger partial charge in [-0.1, -0.05) is 23.7 Å². The Labute approximate surface area is 166 Å². The molecule has 0 saturated carbocycles. The molecular weight excluding hydrogens is 368 g/mol. The second kappa shape index (κ2) is 11.7. The van der Waals surface area contributed by atoms with E-state index < -0.39 is 17.8 Å². The van der Waals surface area contributed by atoms with E-state index in [0.29, 0.717) is 37.0 Å². The largest absolute Gasteiger partial charge is 0.444 e. The maximum atomic E-state index is 11.6. The molecule has 1 unspecified atom stereocenters. The van der Waals surface area contributed by atoms with Gasteiger partial charge in [0.15, 0.2) is 5.96 Å². The fourth-order valence-corrected chi connectivity index (χ4v) is 2.24. The molecule has 1 rings (SSSR count). The molecule has 152 valence electrons. The standard InChI is InChI=1S/C19H31ClN4O3/c1-5-21-17(22-11-6-12-23-18(26)27-19(2,3)4)24-13-16(25)14-7-9-15(20)10-8-14/h7-10,16,25H,5-6,11-13H2,1-4H3,(H,23,26)(H2,21,22,24). The Hall–Kier alpha value is -1.99. The maximum Gasteiger partial charge on any atom is 0.407 e. The van der Waals surface area contributed by atoms with E-state index in [9.17, 15) is 9.90 Å². The number of ether oxygens (including phenoxy) is 1. The Balaban J connectivity index is 2.37. The van der Waals surface area contributed by atoms with Crippen molar-refractivity contribution in [3.05, 3.63) is 34.9 Å². The lowest BCUT2D eigenvalue weighted by Crippen LogP contribution is -2.39. The SMILES string of the molecule is CCNC(=NCC(O)c1ccc(Cl)cc1)NCCCNC(=O)OC(C)(C)C. The highest BCUT2D eigenvalue weighted by atomic mass is 35.5. The van der Waals surface area contributed by atoms with E-state index in [1.807, 2.05) is 27.7 Å². The van der Waals surface area contributed by atoms with Crippen molar-refractivity contribution in [2.75, 3.05) is 26.2 Å². The number of hydrogen-bond acceptors (Lipinski definition) is 4. The summed E-state index contributed by atoms with van der Waals surface area (Å²) in [4.78, 5) is 16.0. The van der Waals surface area contributed by atoms with Crippen LogP contribution in [-0.2, 0) is 4.74 Å². The molecule has 0 fully saturated rings. The van der Waals surface area contributed by atoms with Crippen LogP contribution in [0.1, 0.15) is 45.8 Å². The molecule has 0 bridgehead atoms. The topological polar surface area (TPSA) is 95.0 Å². The van der Waals surface area contributed by atoms with E-state index in [-0.39, 0.29) is 6.54 Å². The van der Waals surface area contributed by atoms with Gasteiger partial charge in [-0.15, -0.1) is 0 Å². The first-order chi connectivity index (χ1) is 12.7. The molecule has 27 heavy (non-hydrogen) atoms. The van der Waals surface area contributed by atoms with E-state index in [0.717, 1.165) is 5.56 Å². The number of aliphatic hydroxyl groups excluding tert-OH is 1. The Kier molecular flexibility index (Phi) is 9.96. The Morgan fingerprint density at radius 1 is 1.19 bits per heavy atom. The van der Waals surface area contributed by atoms with Gasteiger partial charge >= 0.3 is 6.09 Å². The van der Waals surface area contributed by atoms with Crippen molar-refractivity contribution >= 4 is 23.7 Å². The average Bonchev–Trinajstić information content (AvgIpc) is 2.58. The summed E-state index contributed by atoms with van der Waals surface area (Å²) in [5.41, 5.74) is 0.263. The molecule has 0 aliphatic heterocycles. The molecule has 0 heterocycles. The normalized spacial score (nSPS) is 13.0. The van der Waals surface area contributed by atoms with Crippen LogP contribution >= 0.6 is 11.6 Å². The van der Waals surface area contributed by atoms with Crippen LogP contribution in [0.25, 0.3) is 0 Å². The van der Waals surface area contributed by atoms with Crippen molar-refractivity contribution in [2.45, 2.75) is 45.8 Å². The third kappa shape index (κ3) is 10.7. The predicted octanol–water partition coefficient (Wildman–Crippen LogP) is 2.84. The van der Waals surface area contributed by atoms with Gasteiger partial charge in [0.2, 0.25) is 0 Å². The van der Waals surface area contributed by atoms with Crippen molar-refractivity contribution in [3.63, 3.8) is 0 Å². The van der Waals surface area contributed by atoms with E-state index in [4.69, 9.17) is 16.3 Å². The lowest BCUT2D eigenvalue weighted by atomic mass is 10.1. The first-order valence-corrected chi connectivity index (χ1v) is 9.51. The van der Waals surface area contributed by atoms with E-state index >= 15 is 0 Å². The van der Waals surface area contributed by atoms with Gasteiger partial charge in [0.25, 0.3) is 0 Å². The number of nitrogens with zero attached hydrogens (tertiary/aromatic N) is 1. The summed E-state index contributed by atoms with van der Waals surface area (Å²) in [6, 6.07) is 7.05. The molecule has 8 heteroatoms. The van der Waals surface area contributed by atoms with Gasteiger partial charge in [0.1, 0.15) is 5.60 Å². The van der Waals surface area contributed by atoms with Crippen LogP contribution in [0.3, 0.4) is 0 Å². The summed E-state index contributed by atoms with van der Waals surface area (Å²) in [6.07, 6.45) is -0.413. The molecular formula is C19H31ClN4O3. The zero-order valence-electron chi connectivity index (χ0n) is 16.5. The maximum absolute atomic E-state index is 11.6. The molecule has 0 spiro atoms. The first kappa shape index (κ1) is 23.0. The number of halogens is 1. The number of nitrogens with one attached hydrogen (secondary N) is 3. The highest BCUT2D eigenvalue weighted by molar-refractivity contribution is 6.30. The number of amides is 1. The molecule has 0 radical (unpaired) electrons. The summed E-state index contributed by atoms with van der Waals surface area (Å²) >= 11 is 5.86. The minimum atomic E-state index is -0.702. The third-order valence-electron chi connectivity index (χ3n) is 3.34. The molecule has 1 atom stereocenters. The summed E-state index contributed by atoms with van der Waals surface area (Å²) in [7, 11) is 0. The quantitative estimate of drug-likeness (QED) is 0.307. The fourth-order valence-electron chi connectivity index (χ4n) is 2.11. The molecule has 1 amide bonds. The van der Waals surface area contributed by atoms with E-state index in [2.05, 4.69) is 20.9 Å². The third-order valence-corrected chi connectivity index (χ3v) is 3.59. The molecule has 4 N–H and O–H groups in total. The summed E-state index contributed by atoms with van der Waals surface area (Å²) in [6.45, 7) is 9.50.